The Morgan fingerprint density at radius 3 is 1.48 bits per heavy atom. The Morgan fingerprint density at radius 2 is 0.984 bits per heavy atom. The van der Waals surface area contributed by atoms with Gasteiger partial charge < -0.3 is 39.2 Å². The van der Waals surface area contributed by atoms with Crippen molar-refractivity contribution in [2.75, 3.05) is 92.6 Å². The van der Waals surface area contributed by atoms with Crippen LogP contribution in [0.1, 0.15) is 159 Å². The molecule has 26 nitrogen and oxygen atoms in total. The maximum absolute atomic E-state index is 15.0. The lowest BCUT2D eigenvalue weighted by Crippen LogP contribution is -2.58. The number of hydrogen-bond donors (Lipinski definition) is 0. The van der Waals surface area contributed by atoms with E-state index in [-0.39, 0.29) is 82.0 Å². The Bertz CT molecular complexity index is 6350. The average molecular weight is 1760 g/mol. The zero-order valence-corrected chi connectivity index (χ0v) is 76.7. The van der Waals surface area contributed by atoms with E-state index in [1.54, 1.807) is 68.7 Å². The number of pyridine rings is 6. The molecular formula is C96H108Cl3FN20O6. The molecule has 0 bridgehead atoms. The average Bonchev–Trinajstić information content (AvgIpc) is 0.754. The summed E-state index contributed by atoms with van der Waals surface area (Å²) >= 11 is 20.7. The summed E-state index contributed by atoms with van der Waals surface area (Å²) in [6, 6.07) is 24.5. The van der Waals surface area contributed by atoms with Crippen LogP contribution in [0.25, 0.3) is 72.7 Å². The van der Waals surface area contributed by atoms with Gasteiger partial charge in [0.15, 0.2) is 16.9 Å². The number of hydrogen-bond acceptors (Lipinski definition) is 20. The molecule has 3 amide bonds. The third-order valence-corrected chi connectivity index (χ3v) is 24.4. The molecule has 0 N–H and O–H groups in total. The van der Waals surface area contributed by atoms with E-state index in [0.717, 1.165) is 65.1 Å². The Balaban J connectivity index is 0.000000162. The first-order chi connectivity index (χ1) is 60.2. The van der Waals surface area contributed by atoms with Crippen LogP contribution in [0.4, 0.5) is 27.7 Å². The topological polar surface area (TPSA) is 259 Å². The molecular weight excluding hydrogens is 1650 g/mol. The summed E-state index contributed by atoms with van der Waals surface area (Å²) in [7, 11) is 3.87. The minimum absolute atomic E-state index is 0.0453. The van der Waals surface area contributed by atoms with Crippen molar-refractivity contribution >= 4 is 109 Å². The van der Waals surface area contributed by atoms with Gasteiger partial charge in [-0.3, -0.25) is 29.3 Å². The van der Waals surface area contributed by atoms with Gasteiger partial charge in [-0.25, -0.2) is 47.4 Å². The Morgan fingerprint density at radius 1 is 0.508 bits per heavy atom. The van der Waals surface area contributed by atoms with Crippen molar-refractivity contribution in [3.8, 4) is 51.4 Å². The third-order valence-electron chi connectivity index (χ3n) is 23.6. The number of rotatable bonds is 17. The van der Waals surface area contributed by atoms with Crippen molar-refractivity contribution in [3.63, 3.8) is 0 Å². The van der Waals surface area contributed by atoms with E-state index in [1.165, 1.54) is 35.3 Å². The van der Waals surface area contributed by atoms with Crippen LogP contribution in [-0.2, 0) is 20.9 Å². The van der Waals surface area contributed by atoms with Gasteiger partial charge in [-0.15, -0.1) is 5.92 Å². The number of piperazine rings is 3. The third kappa shape index (κ3) is 18.5. The SMILES string of the molecule is C=CC(=O)N1CC(C)N(c2nc(=O)n(-c3c(C)ccnc3C(C)C)c3nc(-c4cccc(C#CC)c4)c(Cl)cc23)CC1C.C=CC(=O)N1CC(C)N(c2nc(=O)n(-c3c(C)ccnc3C(C)C)c3nc(N4CCCCC4)c(Cl)cc23)CC1C.C=CC(=O)N1CCN(c2nc(=O)n(-c3c(C(C)C)ccnc3CN(C)C)c3nc(-c4ccccc4F)c(Cl)cc23)[C@@H](C)C1. The van der Waals surface area contributed by atoms with Gasteiger partial charge >= 0.3 is 17.1 Å². The number of carbonyl (C=O) groups is 3. The Labute approximate surface area is 749 Å². The molecule has 5 atom stereocenters. The Kier molecular flexibility index (Phi) is 28.2. The molecule has 0 radical (unpaired) electrons. The lowest BCUT2D eigenvalue weighted by atomic mass is 10.0. The molecule has 0 aliphatic carbocycles. The molecule has 4 fully saturated rings. The minimum Gasteiger partial charge on any atom is -0.355 e. The van der Waals surface area contributed by atoms with E-state index in [4.69, 9.17) is 49.8 Å². The number of fused-ring (bicyclic) bond motifs is 3. The lowest BCUT2D eigenvalue weighted by Gasteiger charge is -2.44. The molecule has 15 rings (SSSR count). The van der Waals surface area contributed by atoms with Crippen molar-refractivity contribution in [1.82, 2.24) is 78.2 Å². The maximum Gasteiger partial charge on any atom is 0.355 e. The number of aryl methyl sites for hydroxylation is 2. The first-order valence-electron chi connectivity index (χ1n) is 42.7. The first kappa shape index (κ1) is 91.6. The number of carbonyl (C=O) groups excluding carboxylic acids is 3. The molecule has 4 aliphatic heterocycles. The maximum atomic E-state index is 15.0. The number of piperidine rings is 1. The molecule has 656 valence electrons. The van der Waals surface area contributed by atoms with Gasteiger partial charge in [0.05, 0.1) is 76.8 Å². The molecule has 4 unspecified atom stereocenters. The molecule has 11 aromatic rings. The van der Waals surface area contributed by atoms with Gasteiger partial charge in [-0.2, -0.15) is 15.0 Å². The summed E-state index contributed by atoms with van der Waals surface area (Å²) in [6.07, 6.45) is 12.6. The largest absolute Gasteiger partial charge is 0.355 e. The standard InChI is InChI=1S/C34H35ClN6O2.C32H35ClFN7O2.C30H38ClN7O2/c1-8-11-24-12-10-13-25(16-24)30-27(35)17-26-32(40-19-22(6)39(18-23(40)7)28(42)9-2)38-34(43)41(33(26)37-30)31-21(5)14-15-36-29(31)20(3)4;1-7-27(42)39-14-15-40(20(4)17-39)30-23-16-24(33)28(22-10-8-9-11-25(22)34)36-31(23)41(32(43)37-30)29-21(19(2)3)12-13-35-26(29)18-38(5)6;1-7-24(39)36-16-21(6)37(17-20(36)5)27-22-15-23(31)29(35-13-9-8-10-14-35)33-28(22)38(30(40)34-27)26-19(4)11-12-32-25(26)18(2)3/h9-10,12-17,20,22-23H,2,18-19H2,1,3-7H3;7-13,16,19-20H,1,14-15,17-18H2,2-6H3;7,11-12,15,18,20-21H,1,8-10,13-14,16-17H2,2-6H3/t;20-;/m.0./s1. The second kappa shape index (κ2) is 38.8. The van der Waals surface area contributed by atoms with Crippen LogP contribution >= 0.6 is 34.8 Å². The van der Waals surface area contributed by atoms with E-state index in [2.05, 4.69) is 90.0 Å². The zero-order valence-electron chi connectivity index (χ0n) is 74.4. The van der Waals surface area contributed by atoms with Crippen LogP contribution in [0.2, 0.25) is 15.1 Å². The van der Waals surface area contributed by atoms with Crippen molar-refractivity contribution in [2.24, 2.45) is 0 Å². The van der Waals surface area contributed by atoms with E-state index in [0.29, 0.717) is 147 Å². The van der Waals surface area contributed by atoms with Gasteiger partial charge in [-0.1, -0.05) is 126 Å². The second-order valence-electron chi connectivity index (χ2n) is 33.9. The summed E-state index contributed by atoms with van der Waals surface area (Å²) in [5.41, 5.74) is 9.40. The smallest absolute Gasteiger partial charge is 0.355 e. The van der Waals surface area contributed by atoms with E-state index < -0.39 is 22.9 Å². The predicted octanol–water partition coefficient (Wildman–Crippen LogP) is 15.8. The summed E-state index contributed by atoms with van der Waals surface area (Å²) in [5.74, 6) is 7.48. The summed E-state index contributed by atoms with van der Waals surface area (Å²) in [4.78, 5) is 138. The highest BCUT2D eigenvalue weighted by Gasteiger charge is 2.38. The van der Waals surface area contributed by atoms with Crippen molar-refractivity contribution in [3.05, 3.63) is 233 Å². The molecule has 9 aromatic heterocycles. The van der Waals surface area contributed by atoms with Crippen molar-refractivity contribution in [1.29, 1.82) is 0 Å². The summed E-state index contributed by atoms with van der Waals surface area (Å²) in [6.45, 7) is 44.4. The van der Waals surface area contributed by atoms with E-state index in [1.807, 2.05) is 160 Å². The normalized spacial score (nSPS) is 17.3. The minimum atomic E-state index is -0.538. The predicted molar refractivity (Wildman–Crippen MR) is 502 cm³/mol. The number of nitrogens with zero attached hydrogens (tertiary/aromatic N) is 20. The molecule has 30 heteroatoms. The number of anilines is 4. The fourth-order valence-electron chi connectivity index (χ4n) is 17.3. The number of aromatic nitrogens is 12. The van der Waals surface area contributed by atoms with Gasteiger partial charge in [0.1, 0.15) is 29.1 Å². The van der Waals surface area contributed by atoms with Gasteiger partial charge in [-0.05, 0) is 202 Å². The zero-order chi connectivity index (χ0) is 90.7. The fraction of sp³-hybridized carbons (Fsp3) is 0.385. The van der Waals surface area contributed by atoms with Gasteiger partial charge in [0, 0.05) is 131 Å². The number of benzene rings is 2. The molecule has 4 saturated heterocycles. The molecule has 0 saturated carbocycles. The van der Waals surface area contributed by atoms with Crippen LogP contribution in [0.15, 0.2) is 156 Å². The van der Waals surface area contributed by atoms with Crippen molar-refractivity contribution < 1.29 is 18.8 Å². The van der Waals surface area contributed by atoms with E-state index in [9.17, 15) is 28.8 Å². The fourth-order valence-corrected chi connectivity index (χ4v) is 18.1. The molecule has 126 heavy (non-hydrogen) atoms. The molecule has 4 aliphatic rings. The summed E-state index contributed by atoms with van der Waals surface area (Å²) < 4.78 is 19.7. The quantitative estimate of drug-likeness (QED) is 0.0606. The number of halogens is 4. The number of amides is 3. The monoisotopic (exact) mass is 1760 g/mol. The van der Waals surface area contributed by atoms with Crippen molar-refractivity contribution in [2.45, 2.75) is 171 Å². The second-order valence-corrected chi connectivity index (χ2v) is 35.2. The highest BCUT2D eigenvalue weighted by Crippen LogP contribution is 2.42. The molecule has 2 aromatic carbocycles. The Hall–Kier alpha value is -12.1. The first-order valence-corrected chi connectivity index (χ1v) is 43.9. The summed E-state index contributed by atoms with van der Waals surface area (Å²) in [5, 5.41) is 3.06. The highest BCUT2D eigenvalue weighted by molar-refractivity contribution is 6.35. The van der Waals surface area contributed by atoms with Gasteiger partial charge in [0.2, 0.25) is 17.7 Å². The lowest BCUT2D eigenvalue weighted by molar-refractivity contribution is -0.129. The molecule has 0 spiro atoms. The van der Waals surface area contributed by atoms with Gasteiger partial charge in [0.25, 0.3) is 0 Å². The molecule has 13 heterocycles. The van der Waals surface area contributed by atoms with Crippen LogP contribution in [0.3, 0.4) is 0 Å². The highest BCUT2D eigenvalue weighted by atomic mass is 35.5. The van der Waals surface area contributed by atoms with Crippen LogP contribution in [0, 0.1) is 31.5 Å². The van der Waals surface area contributed by atoms with Crippen LogP contribution in [-0.4, -0.2) is 199 Å². The van der Waals surface area contributed by atoms with E-state index >= 15 is 4.39 Å². The van der Waals surface area contributed by atoms with Crippen LogP contribution < -0.4 is 36.7 Å². The van der Waals surface area contributed by atoms with Crippen LogP contribution in [0.5, 0.6) is 0 Å².